The SMILES string of the molecule is CCC(CC#N)NC1CCCC(C)(C)C1. The topological polar surface area (TPSA) is 35.8 Å². The van der Waals surface area contributed by atoms with Crippen LogP contribution < -0.4 is 5.32 Å². The van der Waals surface area contributed by atoms with Gasteiger partial charge in [-0.05, 0) is 31.1 Å². The molecule has 0 spiro atoms. The van der Waals surface area contributed by atoms with Gasteiger partial charge in [0.1, 0.15) is 0 Å². The molecular formula is C13H24N2. The fourth-order valence-electron chi connectivity index (χ4n) is 2.61. The van der Waals surface area contributed by atoms with Crippen LogP contribution in [0.5, 0.6) is 0 Å². The molecule has 0 aromatic heterocycles. The Morgan fingerprint density at radius 3 is 2.80 bits per heavy atom. The zero-order valence-corrected chi connectivity index (χ0v) is 10.3. The Kier molecular flexibility index (Phi) is 4.60. The van der Waals surface area contributed by atoms with Gasteiger partial charge in [-0.15, -0.1) is 0 Å². The summed E-state index contributed by atoms with van der Waals surface area (Å²) in [7, 11) is 0. The maximum absolute atomic E-state index is 8.71. The van der Waals surface area contributed by atoms with Gasteiger partial charge in [-0.3, -0.25) is 0 Å². The Morgan fingerprint density at radius 2 is 2.27 bits per heavy atom. The van der Waals surface area contributed by atoms with Crippen LogP contribution in [-0.4, -0.2) is 12.1 Å². The highest BCUT2D eigenvalue weighted by Gasteiger charge is 2.28. The molecule has 2 unspecified atom stereocenters. The first-order valence-corrected chi connectivity index (χ1v) is 6.20. The highest BCUT2D eigenvalue weighted by Crippen LogP contribution is 2.35. The predicted molar refractivity (Wildman–Crippen MR) is 63.5 cm³/mol. The molecule has 2 atom stereocenters. The first kappa shape index (κ1) is 12.5. The van der Waals surface area contributed by atoms with Crippen molar-refractivity contribution >= 4 is 0 Å². The largest absolute Gasteiger partial charge is 0.310 e. The molecule has 0 amide bonds. The molecule has 0 radical (unpaired) electrons. The molecule has 0 bridgehead atoms. The van der Waals surface area contributed by atoms with Crippen molar-refractivity contribution in [1.82, 2.24) is 5.32 Å². The second-order valence-electron chi connectivity index (χ2n) is 5.59. The standard InChI is InChI=1S/C13H24N2/c1-4-11(7-9-14)15-12-6-5-8-13(2,3)10-12/h11-12,15H,4-8,10H2,1-3H3. The van der Waals surface area contributed by atoms with Crippen molar-refractivity contribution in [3.05, 3.63) is 0 Å². The Hall–Kier alpha value is -0.550. The molecular weight excluding hydrogens is 184 g/mol. The molecule has 86 valence electrons. The summed E-state index contributed by atoms with van der Waals surface area (Å²) in [4.78, 5) is 0. The van der Waals surface area contributed by atoms with Gasteiger partial charge in [0.15, 0.2) is 0 Å². The summed E-state index contributed by atoms with van der Waals surface area (Å²) >= 11 is 0. The molecule has 1 fully saturated rings. The van der Waals surface area contributed by atoms with E-state index in [1.807, 2.05) is 0 Å². The van der Waals surface area contributed by atoms with Crippen LogP contribution in [0.2, 0.25) is 0 Å². The molecule has 0 aromatic carbocycles. The minimum Gasteiger partial charge on any atom is -0.310 e. The quantitative estimate of drug-likeness (QED) is 0.770. The second kappa shape index (κ2) is 5.51. The van der Waals surface area contributed by atoms with E-state index in [1.165, 1.54) is 25.7 Å². The van der Waals surface area contributed by atoms with Gasteiger partial charge in [0, 0.05) is 12.1 Å². The van der Waals surface area contributed by atoms with Crippen molar-refractivity contribution < 1.29 is 0 Å². The molecule has 0 saturated heterocycles. The second-order valence-corrected chi connectivity index (χ2v) is 5.59. The molecule has 15 heavy (non-hydrogen) atoms. The van der Waals surface area contributed by atoms with Gasteiger partial charge < -0.3 is 5.32 Å². The molecule has 1 N–H and O–H groups in total. The average Bonchev–Trinajstić information content (AvgIpc) is 2.15. The lowest BCUT2D eigenvalue weighted by Gasteiger charge is -2.37. The molecule has 1 aliphatic carbocycles. The third-order valence-corrected chi connectivity index (χ3v) is 3.51. The molecule has 1 rings (SSSR count). The van der Waals surface area contributed by atoms with Gasteiger partial charge in [0.25, 0.3) is 0 Å². The van der Waals surface area contributed by atoms with Crippen molar-refractivity contribution in [3.63, 3.8) is 0 Å². The maximum Gasteiger partial charge on any atom is 0.0638 e. The lowest BCUT2D eigenvalue weighted by atomic mass is 9.75. The van der Waals surface area contributed by atoms with Gasteiger partial charge >= 0.3 is 0 Å². The van der Waals surface area contributed by atoms with E-state index in [0.717, 1.165) is 6.42 Å². The monoisotopic (exact) mass is 208 g/mol. The van der Waals surface area contributed by atoms with E-state index < -0.39 is 0 Å². The van der Waals surface area contributed by atoms with Gasteiger partial charge in [-0.2, -0.15) is 5.26 Å². The average molecular weight is 208 g/mol. The van der Waals surface area contributed by atoms with Crippen LogP contribution in [0.3, 0.4) is 0 Å². The summed E-state index contributed by atoms with van der Waals surface area (Å²) in [5.74, 6) is 0. The van der Waals surface area contributed by atoms with Gasteiger partial charge in [-0.1, -0.05) is 27.2 Å². The Labute approximate surface area is 94.1 Å². The number of rotatable bonds is 4. The van der Waals surface area contributed by atoms with Gasteiger partial charge in [-0.25, -0.2) is 0 Å². The van der Waals surface area contributed by atoms with E-state index in [2.05, 4.69) is 32.2 Å². The lowest BCUT2D eigenvalue weighted by Crippen LogP contribution is -2.42. The fourth-order valence-corrected chi connectivity index (χ4v) is 2.61. The highest BCUT2D eigenvalue weighted by molar-refractivity contribution is 4.87. The molecule has 1 saturated carbocycles. The van der Waals surface area contributed by atoms with Crippen LogP contribution in [0.25, 0.3) is 0 Å². The van der Waals surface area contributed by atoms with E-state index in [1.54, 1.807) is 0 Å². The number of nitriles is 1. The number of hydrogen-bond acceptors (Lipinski definition) is 2. The summed E-state index contributed by atoms with van der Waals surface area (Å²) in [6.07, 6.45) is 6.92. The Morgan fingerprint density at radius 1 is 1.53 bits per heavy atom. The van der Waals surface area contributed by atoms with E-state index in [4.69, 9.17) is 5.26 Å². The highest BCUT2D eigenvalue weighted by atomic mass is 15.0. The number of nitrogens with one attached hydrogen (secondary N) is 1. The summed E-state index contributed by atoms with van der Waals surface area (Å²) in [6, 6.07) is 3.30. The Bertz CT molecular complexity index is 227. The zero-order chi connectivity index (χ0) is 11.3. The molecule has 0 heterocycles. The van der Waals surface area contributed by atoms with Crippen LogP contribution in [0.15, 0.2) is 0 Å². The molecule has 0 aliphatic heterocycles. The van der Waals surface area contributed by atoms with E-state index in [-0.39, 0.29) is 0 Å². The van der Waals surface area contributed by atoms with Gasteiger partial charge in [0.05, 0.1) is 12.5 Å². The first-order chi connectivity index (χ1) is 7.07. The van der Waals surface area contributed by atoms with Crippen LogP contribution in [0.4, 0.5) is 0 Å². The van der Waals surface area contributed by atoms with Crippen molar-refractivity contribution in [3.8, 4) is 6.07 Å². The Balaban J connectivity index is 2.40. The fraction of sp³-hybridized carbons (Fsp3) is 0.923. The molecule has 2 nitrogen and oxygen atoms in total. The molecule has 0 aromatic rings. The predicted octanol–water partition coefficient (Wildman–Crippen LogP) is 3.24. The van der Waals surface area contributed by atoms with Crippen LogP contribution >= 0.6 is 0 Å². The number of nitrogens with zero attached hydrogens (tertiary/aromatic N) is 1. The summed E-state index contributed by atoms with van der Waals surface area (Å²) in [5, 5.41) is 12.3. The van der Waals surface area contributed by atoms with Crippen LogP contribution in [-0.2, 0) is 0 Å². The summed E-state index contributed by atoms with van der Waals surface area (Å²) < 4.78 is 0. The van der Waals surface area contributed by atoms with Crippen molar-refractivity contribution in [2.45, 2.75) is 71.4 Å². The normalized spacial score (nSPS) is 26.9. The first-order valence-electron chi connectivity index (χ1n) is 6.20. The third-order valence-electron chi connectivity index (χ3n) is 3.51. The van der Waals surface area contributed by atoms with Gasteiger partial charge in [0.2, 0.25) is 0 Å². The van der Waals surface area contributed by atoms with E-state index in [9.17, 15) is 0 Å². The van der Waals surface area contributed by atoms with Crippen molar-refractivity contribution in [2.24, 2.45) is 5.41 Å². The van der Waals surface area contributed by atoms with Crippen molar-refractivity contribution in [1.29, 1.82) is 5.26 Å². The van der Waals surface area contributed by atoms with E-state index in [0.29, 0.717) is 23.9 Å². The molecule has 2 heteroatoms. The third kappa shape index (κ3) is 4.22. The van der Waals surface area contributed by atoms with Crippen molar-refractivity contribution in [2.75, 3.05) is 0 Å². The smallest absolute Gasteiger partial charge is 0.0638 e. The number of hydrogen-bond donors (Lipinski definition) is 1. The van der Waals surface area contributed by atoms with E-state index >= 15 is 0 Å². The minimum atomic E-state index is 0.397. The summed E-state index contributed by atoms with van der Waals surface area (Å²) in [5.41, 5.74) is 0.487. The molecule has 1 aliphatic rings. The minimum absolute atomic E-state index is 0.397. The summed E-state index contributed by atoms with van der Waals surface area (Å²) in [6.45, 7) is 6.86. The zero-order valence-electron chi connectivity index (χ0n) is 10.3. The van der Waals surface area contributed by atoms with Crippen LogP contribution in [0, 0.1) is 16.7 Å². The van der Waals surface area contributed by atoms with Crippen LogP contribution in [0.1, 0.15) is 59.3 Å². The lowest BCUT2D eigenvalue weighted by molar-refractivity contribution is 0.188. The maximum atomic E-state index is 8.71.